The third-order valence-corrected chi connectivity index (χ3v) is 2.58. The molecule has 0 radical (unpaired) electrons. The Kier molecular flexibility index (Phi) is 3.40. The molecule has 0 aliphatic rings. The lowest BCUT2D eigenvalue weighted by Crippen LogP contribution is -1.91. The molecule has 0 aromatic heterocycles. The van der Waals surface area contributed by atoms with Crippen molar-refractivity contribution >= 4 is 11.6 Å². The summed E-state index contributed by atoms with van der Waals surface area (Å²) in [6.07, 6.45) is 0. The van der Waals surface area contributed by atoms with E-state index < -0.39 is 0 Å². The van der Waals surface area contributed by atoms with Gasteiger partial charge in [0, 0.05) is 0 Å². The van der Waals surface area contributed by atoms with Gasteiger partial charge < -0.3 is 14.9 Å². The lowest BCUT2D eigenvalue weighted by atomic mass is 10.2. The molecule has 0 aliphatic carbocycles. The SMILES string of the molecule is Oc1ccc(O)c(Oc2ccccc2)c1CCl. The van der Waals surface area contributed by atoms with Gasteiger partial charge in [-0.1, -0.05) is 18.2 Å². The Morgan fingerprint density at radius 1 is 0.941 bits per heavy atom. The van der Waals surface area contributed by atoms with Crippen LogP contribution in [0.2, 0.25) is 0 Å². The van der Waals surface area contributed by atoms with E-state index in [-0.39, 0.29) is 23.1 Å². The molecule has 0 saturated carbocycles. The average molecular weight is 251 g/mol. The van der Waals surface area contributed by atoms with Crippen molar-refractivity contribution in [3.8, 4) is 23.0 Å². The summed E-state index contributed by atoms with van der Waals surface area (Å²) in [5.41, 5.74) is 0.371. The van der Waals surface area contributed by atoms with Crippen LogP contribution in [-0.2, 0) is 5.88 Å². The fraction of sp³-hybridized carbons (Fsp3) is 0.0769. The number of rotatable bonds is 3. The molecule has 17 heavy (non-hydrogen) atoms. The molecular formula is C13H11ClO3. The van der Waals surface area contributed by atoms with Gasteiger partial charge >= 0.3 is 0 Å². The smallest absolute Gasteiger partial charge is 0.177 e. The highest BCUT2D eigenvalue weighted by atomic mass is 35.5. The number of aromatic hydroxyl groups is 2. The molecule has 0 bridgehead atoms. The Morgan fingerprint density at radius 2 is 1.59 bits per heavy atom. The van der Waals surface area contributed by atoms with Crippen molar-refractivity contribution in [2.75, 3.05) is 0 Å². The first-order chi connectivity index (χ1) is 8.22. The number of benzene rings is 2. The molecule has 4 heteroatoms. The van der Waals surface area contributed by atoms with E-state index in [2.05, 4.69) is 0 Å². The molecule has 0 heterocycles. The van der Waals surface area contributed by atoms with Crippen molar-refractivity contribution in [3.05, 3.63) is 48.0 Å². The van der Waals surface area contributed by atoms with Gasteiger partial charge in [0.2, 0.25) is 0 Å². The molecule has 88 valence electrons. The van der Waals surface area contributed by atoms with Gasteiger partial charge in [-0.3, -0.25) is 0 Å². The second-order valence-electron chi connectivity index (χ2n) is 3.46. The van der Waals surface area contributed by atoms with Crippen LogP contribution in [0.15, 0.2) is 42.5 Å². The minimum Gasteiger partial charge on any atom is -0.507 e. The Morgan fingerprint density at radius 3 is 2.24 bits per heavy atom. The van der Waals surface area contributed by atoms with E-state index in [1.807, 2.05) is 18.2 Å². The first-order valence-electron chi connectivity index (χ1n) is 5.05. The van der Waals surface area contributed by atoms with Gasteiger partial charge in [-0.2, -0.15) is 0 Å². The van der Waals surface area contributed by atoms with Gasteiger partial charge in [0.15, 0.2) is 11.5 Å². The molecule has 0 spiro atoms. The quantitative estimate of drug-likeness (QED) is 0.646. The molecule has 2 aromatic rings. The van der Waals surface area contributed by atoms with Gasteiger partial charge in [-0.25, -0.2) is 0 Å². The fourth-order valence-electron chi connectivity index (χ4n) is 1.45. The third-order valence-electron chi connectivity index (χ3n) is 2.31. The third kappa shape index (κ3) is 2.45. The van der Waals surface area contributed by atoms with Gasteiger partial charge in [0.25, 0.3) is 0 Å². The summed E-state index contributed by atoms with van der Waals surface area (Å²) in [6, 6.07) is 11.7. The molecule has 2 N–H and O–H groups in total. The van der Waals surface area contributed by atoms with Gasteiger partial charge in [-0.15, -0.1) is 11.6 Å². The van der Waals surface area contributed by atoms with Crippen molar-refractivity contribution in [1.29, 1.82) is 0 Å². The molecule has 0 fully saturated rings. The first kappa shape index (κ1) is 11.6. The maximum Gasteiger partial charge on any atom is 0.177 e. The van der Waals surface area contributed by atoms with Crippen molar-refractivity contribution in [2.45, 2.75) is 5.88 Å². The summed E-state index contributed by atoms with van der Waals surface area (Å²) in [5, 5.41) is 19.3. The van der Waals surface area contributed by atoms with E-state index in [0.29, 0.717) is 11.3 Å². The topological polar surface area (TPSA) is 49.7 Å². The summed E-state index contributed by atoms with van der Waals surface area (Å²) in [7, 11) is 0. The summed E-state index contributed by atoms with van der Waals surface area (Å²) in [4.78, 5) is 0. The predicted molar refractivity (Wildman–Crippen MR) is 65.8 cm³/mol. The van der Waals surface area contributed by atoms with Gasteiger partial charge in [0.1, 0.15) is 11.5 Å². The summed E-state index contributed by atoms with van der Waals surface area (Å²) in [6.45, 7) is 0. The summed E-state index contributed by atoms with van der Waals surface area (Å²) >= 11 is 5.72. The van der Waals surface area contributed by atoms with Crippen LogP contribution in [0.25, 0.3) is 0 Å². The van der Waals surface area contributed by atoms with Crippen molar-refractivity contribution in [1.82, 2.24) is 0 Å². The predicted octanol–water partition coefficient (Wildman–Crippen LogP) is 3.63. The molecular weight excluding hydrogens is 240 g/mol. The lowest BCUT2D eigenvalue weighted by Gasteiger charge is -2.12. The van der Waals surface area contributed by atoms with Crippen LogP contribution in [0.5, 0.6) is 23.0 Å². The largest absolute Gasteiger partial charge is 0.507 e. The maximum atomic E-state index is 9.71. The van der Waals surface area contributed by atoms with Crippen molar-refractivity contribution in [2.24, 2.45) is 0 Å². The maximum absolute atomic E-state index is 9.71. The second kappa shape index (κ2) is 4.97. The van der Waals surface area contributed by atoms with E-state index in [4.69, 9.17) is 16.3 Å². The number of phenolic OH excluding ortho intramolecular Hbond substituents is 2. The van der Waals surface area contributed by atoms with Crippen molar-refractivity contribution < 1.29 is 14.9 Å². The number of para-hydroxylation sites is 1. The van der Waals surface area contributed by atoms with E-state index in [9.17, 15) is 10.2 Å². The molecule has 0 unspecified atom stereocenters. The molecule has 0 atom stereocenters. The van der Waals surface area contributed by atoms with E-state index in [0.717, 1.165) is 0 Å². The van der Waals surface area contributed by atoms with Gasteiger partial charge in [0.05, 0.1) is 11.4 Å². The van der Waals surface area contributed by atoms with E-state index in [1.165, 1.54) is 12.1 Å². The Labute approximate surface area is 104 Å². The number of ether oxygens (including phenoxy) is 1. The molecule has 0 aliphatic heterocycles. The van der Waals surface area contributed by atoms with Crippen LogP contribution in [0, 0.1) is 0 Å². The number of phenols is 2. The summed E-state index contributed by atoms with van der Waals surface area (Å²) in [5.74, 6) is 0.763. The van der Waals surface area contributed by atoms with Crippen LogP contribution in [0.1, 0.15) is 5.56 Å². The Bertz CT molecular complexity index is 512. The average Bonchev–Trinajstić information content (AvgIpc) is 2.35. The van der Waals surface area contributed by atoms with Crippen LogP contribution in [0.3, 0.4) is 0 Å². The zero-order valence-corrected chi connectivity index (χ0v) is 9.69. The first-order valence-corrected chi connectivity index (χ1v) is 5.58. The zero-order chi connectivity index (χ0) is 12.3. The normalized spacial score (nSPS) is 10.2. The minimum absolute atomic E-state index is 0.00345. The van der Waals surface area contributed by atoms with E-state index >= 15 is 0 Å². The lowest BCUT2D eigenvalue weighted by molar-refractivity contribution is 0.399. The monoisotopic (exact) mass is 250 g/mol. The van der Waals surface area contributed by atoms with Crippen LogP contribution < -0.4 is 4.74 Å². The zero-order valence-electron chi connectivity index (χ0n) is 8.93. The fourth-order valence-corrected chi connectivity index (χ4v) is 1.71. The Balaban J connectivity index is 2.41. The number of halogens is 1. The van der Waals surface area contributed by atoms with E-state index in [1.54, 1.807) is 12.1 Å². The van der Waals surface area contributed by atoms with Crippen LogP contribution in [-0.4, -0.2) is 10.2 Å². The second-order valence-corrected chi connectivity index (χ2v) is 3.73. The molecule has 2 aromatic carbocycles. The number of alkyl halides is 1. The Hall–Kier alpha value is -1.87. The van der Waals surface area contributed by atoms with Crippen LogP contribution >= 0.6 is 11.6 Å². The number of hydrogen-bond donors (Lipinski definition) is 2. The highest BCUT2D eigenvalue weighted by molar-refractivity contribution is 6.17. The molecule has 2 rings (SSSR count). The van der Waals surface area contributed by atoms with Gasteiger partial charge in [-0.05, 0) is 24.3 Å². The molecule has 0 saturated heterocycles. The number of hydrogen-bond acceptors (Lipinski definition) is 3. The van der Waals surface area contributed by atoms with Crippen LogP contribution in [0.4, 0.5) is 0 Å². The highest BCUT2D eigenvalue weighted by Gasteiger charge is 2.14. The molecule has 3 nitrogen and oxygen atoms in total. The van der Waals surface area contributed by atoms with Crippen molar-refractivity contribution in [3.63, 3.8) is 0 Å². The summed E-state index contributed by atoms with van der Waals surface area (Å²) < 4.78 is 5.52. The standard InChI is InChI=1S/C13H11ClO3/c14-8-10-11(15)6-7-12(16)13(10)17-9-4-2-1-3-5-9/h1-7,15-16H,8H2. The molecule has 0 amide bonds. The highest BCUT2D eigenvalue weighted by Crippen LogP contribution is 2.39. The minimum atomic E-state index is -0.0534.